The molecule has 9 heteroatoms. The number of carbonyl (C=O) groups is 3. The van der Waals surface area contributed by atoms with Crippen molar-refractivity contribution in [1.82, 2.24) is 20.3 Å². The van der Waals surface area contributed by atoms with Gasteiger partial charge in [0.05, 0.1) is 12.2 Å². The molecular weight excluding hydrogens is 230 g/mol. The first kappa shape index (κ1) is 12.6. The van der Waals surface area contributed by atoms with Gasteiger partial charge in [-0.2, -0.15) is 0 Å². The van der Waals surface area contributed by atoms with Crippen LogP contribution in [0.4, 0.5) is 4.79 Å². The van der Waals surface area contributed by atoms with Gasteiger partial charge in [0, 0.05) is 0 Å². The van der Waals surface area contributed by atoms with Gasteiger partial charge in [0.15, 0.2) is 11.5 Å². The molecule has 1 heterocycles. The van der Waals surface area contributed by atoms with Crippen LogP contribution in [0.25, 0.3) is 0 Å². The van der Waals surface area contributed by atoms with Crippen molar-refractivity contribution in [3.8, 4) is 0 Å². The summed E-state index contributed by atoms with van der Waals surface area (Å²) in [5, 5.41) is 17.4. The normalized spacial score (nSPS) is 11.8. The van der Waals surface area contributed by atoms with Gasteiger partial charge in [0.25, 0.3) is 5.91 Å². The minimum atomic E-state index is -1.29. The van der Waals surface area contributed by atoms with Crippen molar-refractivity contribution in [2.24, 2.45) is 5.73 Å². The van der Waals surface area contributed by atoms with Crippen molar-refractivity contribution in [2.75, 3.05) is 0 Å². The van der Waals surface area contributed by atoms with Crippen molar-refractivity contribution >= 4 is 17.8 Å². The average molecular weight is 241 g/mol. The van der Waals surface area contributed by atoms with E-state index in [1.807, 2.05) is 5.32 Å². The summed E-state index contributed by atoms with van der Waals surface area (Å²) >= 11 is 0. The standard InChI is InChI=1S/C8H11N5O4/c1-4(10-8(16)17)6(14)3-13-2-5(7(9)15)11-12-13/h2,4,10H,3H2,1H3,(H2,9,15)(H,16,17). The first-order valence-corrected chi connectivity index (χ1v) is 4.62. The topological polar surface area (TPSA) is 140 Å². The summed E-state index contributed by atoms with van der Waals surface area (Å²) in [5.41, 5.74) is 4.90. The summed E-state index contributed by atoms with van der Waals surface area (Å²) in [6.45, 7) is 1.21. The van der Waals surface area contributed by atoms with Gasteiger partial charge in [-0.05, 0) is 6.92 Å². The zero-order valence-electron chi connectivity index (χ0n) is 8.95. The molecule has 0 bridgehead atoms. The Morgan fingerprint density at radius 3 is 2.71 bits per heavy atom. The molecule has 0 spiro atoms. The van der Waals surface area contributed by atoms with Gasteiger partial charge in [0.1, 0.15) is 6.54 Å². The van der Waals surface area contributed by atoms with Crippen molar-refractivity contribution < 1.29 is 19.5 Å². The molecule has 4 N–H and O–H groups in total. The molecule has 0 aliphatic heterocycles. The molecule has 0 aliphatic rings. The van der Waals surface area contributed by atoms with E-state index < -0.39 is 23.8 Å². The van der Waals surface area contributed by atoms with E-state index in [-0.39, 0.29) is 12.2 Å². The zero-order chi connectivity index (χ0) is 13.0. The Morgan fingerprint density at radius 1 is 1.59 bits per heavy atom. The minimum Gasteiger partial charge on any atom is -0.465 e. The molecule has 1 unspecified atom stereocenters. The second-order valence-corrected chi connectivity index (χ2v) is 3.30. The smallest absolute Gasteiger partial charge is 0.405 e. The van der Waals surface area contributed by atoms with E-state index >= 15 is 0 Å². The Hall–Kier alpha value is -2.45. The van der Waals surface area contributed by atoms with Crippen LogP contribution in [0.15, 0.2) is 6.20 Å². The summed E-state index contributed by atoms with van der Waals surface area (Å²) in [6.07, 6.45) is -0.0736. The Labute approximate surface area is 95.6 Å². The molecule has 1 atom stereocenters. The maximum atomic E-state index is 11.5. The highest BCUT2D eigenvalue weighted by Gasteiger charge is 2.16. The fraction of sp³-hybridized carbons (Fsp3) is 0.375. The molecule has 0 aliphatic carbocycles. The Bertz CT molecular complexity index is 455. The van der Waals surface area contributed by atoms with Crippen LogP contribution < -0.4 is 11.1 Å². The van der Waals surface area contributed by atoms with E-state index in [0.29, 0.717) is 0 Å². The predicted molar refractivity (Wildman–Crippen MR) is 54.2 cm³/mol. The Balaban J connectivity index is 2.61. The van der Waals surface area contributed by atoms with Crippen LogP contribution in [-0.4, -0.2) is 43.9 Å². The molecule has 2 amide bonds. The highest BCUT2D eigenvalue weighted by atomic mass is 16.4. The number of nitrogens with two attached hydrogens (primary N) is 1. The molecule has 92 valence electrons. The lowest BCUT2D eigenvalue weighted by Crippen LogP contribution is -2.39. The van der Waals surface area contributed by atoms with Gasteiger partial charge >= 0.3 is 6.09 Å². The largest absolute Gasteiger partial charge is 0.465 e. The molecule has 9 nitrogen and oxygen atoms in total. The second kappa shape index (κ2) is 5.05. The van der Waals surface area contributed by atoms with Crippen molar-refractivity contribution in [3.05, 3.63) is 11.9 Å². The number of Topliss-reactive ketones (excluding diaryl/α,β-unsaturated/α-hetero) is 1. The number of hydrogen-bond donors (Lipinski definition) is 3. The maximum Gasteiger partial charge on any atom is 0.405 e. The molecule has 0 fully saturated rings. The highest BCUT2D eigenvalue weighted by Crippen LogP contribution is 1.94. The van der Waals surface area contributed by atoms with E-state index in [1.54, 1.807) is 0 Å². The molecule has 1 rings (SSSR count). The van der Waals surface area contributed by atoms with Crippen molar-refractivity contribution in [3.63, 3.8) is 0 Å². The number of primary amides is 1. The number of nitrogens with zero attached hydrogens (tertiary/aromatic N) is 3. The summed E-state index contributed by atoms with van der Waals surface area (Å²) in [6, 6.07) is -0.867. The van der Waals surface area contributed by atoms with Crippen LogP contribution in [0.3, 0.4) is 0 Å². The number of ketones is 1. The molecule has 0 saturated carbocycles. The average Bonchev–Trinajstić information content (AvgIpc) is 2.65. The van der Waals surface area contributed by atoms with Gasteiger partial charge in [-0.25, -0.2) is 9.48 Å². The van der Waals surface area contributed by atoms with Gasteiger partial charge in [0.2, 0.25) is 0 Å². The summed E-state index contributed by atoms with van der Waals surface area (Å²) < 4.78 is 1.11. The monoisotopic (exact) mass is 241 g/mol. The van der Waals surface area contributed by atoms with Crippen molar-refractivity contribution in [2.45, 2.75) is 19.5 Å². The molecular formula is C8H11N5O4. The van der Waals surface area contributed by atoms with Crippen LogP contribution in [0, 0.1) is 0 Å². The van der Waals surface area contributed by atoms with E-state index in [9.17, 15) is 14.4 Å². The lowest BCUT2D eigenvalue weighted by Gasteiger charge is -2.09. The number of hydrogen-bond acceptors (Lipinski definition) is 5. The fourth-order valence-electron chi connectivity index (χ4n) is 1.05. The summed E-state index contributed by atoms with van der Waals surface area (Å²) in [5.74, 6) is -1.16. The number of rotatable bonds is 5. The molecule has 0 aromatic carbocycles. The maximum absolute atomic E-state index is 11.5. The van der Waals surface area contributed by atoms with E-state index in [4.69, 9.17) is 10.8 Å². The molecule has 1 aromatic rings. The Kier molecular flexibility index (Phi) is 3.75. The van der Waals surface area contributed by atoms with E-state index in [1.165, 1.54) is 13.1 Å². The van der Waals surface area contributed by atoms with Crippen LogP contribution in [0.1, 0.15) is 17.4 Å². The first-order valence-electron chi connectivity index (χ1n) is 4.62. The third-order valence-corrected chi connectivity index (χ3v) is 1.93. The fourth-order valence-corrected chi connectivity index (χ4v) is 1.05. The number of carbonyl (C=O) groups excluding carboxylic acids is 2. The Morgan fingerprint density at radius 2 is 2.24 bits per heavy atom. The van der Waals surface area contributed by atoms with Gasteiger partial charge < -0.3 is 16.2 Å². The number of aromatic nitrogens is 3. The van der Waals surface area contributed by atoms with E-state index in [2.05, 4.69) is 10.3 Å². The van der Waals surface area contributed by atoms with Crippen LogP contribution in [-0.2, 0) is 11.3 Å². The van der Waals surface area contributed by atoms with E-state index in [0.717, 1.165) is 4.68 Å². The van der Waals surface area contributed by atoms with Crippen molar-refractivity contribution in [1.29, 1.82) is 0 Å². The summed E-state index contributed by atoms with van der Waals surface area (Å²) in [4.78, 5) is 32.5. The lowest BCUT2D eigenvalue weighted by molar-refractivity contribution is -0.121. The molecule has 0 radical (unpaired) electrons. The number of amides is 2. The summed E-state index contributed by atoms with van der Waals surface area (Å²) in [7, 11) is 0. The minimum absolute atomic E-state index is 0.0587. The third-order valence-electron chi connectivity index (χ3n) is 1.93. The number of nitrogens with one attached hydrogen (secondary N) is 1. The van der Waals surface area contributed by atoms with Gasteiger partial charge in [-0.15, -0.1) is 5.10 Å². The third kappa shape index (κ3) is 3.55. The van der Waals surface area contributed by atoms with Gasteiger partial charge in [-0.3, -0.25) is 9.59 Å². The molecule has 0 saturated heterocycles. The quantitative estimate of drug-likeness (QED) is 0.579. The van der Waals surface area contributed by atoms with Crippen LogP contribution in [0.2, 0.25) is 0 Å². The highest BCUT2D eigenvalue weighted by molar-refractivity contribution is 5.90. The lowest BCUT2D eigenvalue weighted by atomic mass is 10.2. The molecule has 1 aromatic heterocycles. The zero-order valence-corrected chi connectivity index (χ0v) is 8.95. The predicted octanol–water partition coefficient (Wildman–Crippen LogP) is -1.40. The van der Waals surface area contributed by atoms with Crippen LogP contribution in [0.5, 0.6) is 0 Å². The molecule has 17 heavy (non-hydrogen) atoms. The first-order chi connectivity index (χ1) is 7.90. The van der Waals surface area contributed by atoms with Gasteiger partial charge in [-0.1, -0.05) is 5.21 Å². The second-order valence-electron chi connectivity index (χ2n) is 3.30. The van der Waals surface area contributed by atoms with Crippen LogP contribution >= 0.6 is 0 Å². The number of carboxylic acid groups (broad SMARTS) is 1. The SMILES string of the molecule is CC(NC(=O)O)C(=O)Cn1cc(C(N)=O)nn1.